The number of anilines is 3. The predicted molar refractivity (Wildman–Crippen MR) is 132 cm³/mol. The maximum Gasteiger partial charge on any atom is 0.135 e. The van der Waals surface area contributed by atoms with Crippen molar-refractivity contribution in [3.63, 3.8) is 0 Å². The van der Waals surface area contributed by atoms with Crippen LogP contribution in [0.2, 0.25) is 0 Å². The summed E-state index contributed by atoms with van der Waals surface area (Å²) in [4.78, 5) is 2.29. The molecule has 0 amide bonds. The van der Waals surface area contributed by atoms with Crippen molar-refractivity contribution >= 4 is 34.1 Å². The number of nitrogens with zero attached hydrogens (tertiary/aromatic N) is 1. The molecule has 3 heteroatoms. The van der Waals surface area contributed by atoms with Gasteiger partial charge in [-0.2, -0.15) is 0 Å². The second-order valence-electron chi connectivity index (χ2n) is 7.92. The predicted octanol–water partition coefficient (Wildman–Crippen LogP) is 7.64. The first-order chi connectivity index (χ1) is 15.9. The molecule has 0 spiro atoms. The Balaban J connectivity index is 1.47. The first kappa shape index (κ1) is 18.5. The van der Waals surface area contributed by atoms with Crippen LogP contribution in [0.4, 0.5) is 17.1 Å². The Labute approximate surface area is 187 Å². The third kappa shape index (κ3) is 3.25. The van der Waals surface area contributed by atoms with E-state index in [1.807, 2.05) is 18.3 Å². The van der Waals surface area contributed by atoms with Gasteiger partial charge in [0.25, 0.3) is 0 Å². The van der Waals surface area contributed by atoms with E-state index >= 15 is 0 Å². The fraction of sp³-hybridized carbons (Fsp3) is 0.0345. The Morgan fingerprint density at radius 3 is 2.09 bits per heavy atom. The van der Waals surface area contributed by atoms with Crippen molar-refractivity contribution < 1.29 is 4.42 Å². The summed E-state index contributed by atoms with van der Waals surface area (Å²) >= 11 is 0. The molecule has 0 fully saturated rings. The molecular formula is C29H22N2O. The Kier molecular flexibility index (Phi) is 4.51. The summed E-state index contributed by atoms with van der Waals surface area (Å²) in [5.41, 5.74) is 7.84. The molecule has 1 aliphatic heterocycles. The van der Waals surface area contributed by atoms with E-state index in [1.54, 1.807) is 0 Å². The zero-order valence-corrected chi connectivity index (χ0v) is 17.5. The third-order valence-corrected chi connectivity index (χ3v) is 5.92. The Morgan fingerprint density at radius 2 is 1.31 bits per heavy atom. The lowest BCUT2D eigenvalue weighted by molar-refractivity contribution is 0.532. The van der Waals surface area contributed by atoms with Crippen molar-refractivity contribution in [2.45, 2.75) is 6.54 Å². The van der Waals surface area contributed by atoms with Gasteiger partial charge in [0.05, 0.1) is 6.54 Å². The van der Waals surface area contributed by atoms with Crippen LogP contribution in [-0.2, 0) is 6.54 Å². The van der Waals surface area contributed by atoms with E-state index in [4.69, 9.17) is 4.42 Å². The minimum Gasteiger partial charge on any atom is -0.459 e. The maximum atomic E-state index is 6.07. The summed E-state index contributed by atoms with van der Waals surface area (Å²) < 4.78 is 6.07. The molecule has 1 N–H and O–H groups in total. The van der Waals surface area contributed by atoms with Crippen LogP contribution in [0.15, 0.2) is 114 Å². The third-order valence-electron chi connectivity index (χ3n) is 5.92. The molecule has 0 saturated carbocycles. The molecule has 0 saturated heterocycles. The van der Waals surface area contributed by atoms with Crippen LogP contribution in [-0.4, -0.2) is 0 Å². The zero-order valence-electron chi connectivity index (χ0n) is 17.5. The van der Waals surface area contributed by atoms with Gasteiger partial charge in [0, 0.05) is 28.0 Å². The van der Waals surface area contributed by atoms with Crippen LogP contribution in [0.3, 0.4) is 0 Å². The van der Waals surface area contributed by atoms with Gasteiger partial charge < -0.3 is 14.6 Å². The normalized spacial score (nSPS) is 12.4. The number of hydrogen-bond acceptors (Lipinski definition) is 3. The quantitative estimate of drug-likeness (QED) is 0.327. The van der Waals surface area contributed by atoms with E-state index in [1.165, 1.54) is 11.1 Å². The van der Waals surface area contributed by atoms with E-state index < -0.39 is 0 Å². The molecule has 0 aliphatic carbocycles. The molecule has 3 nitrogen and oxygen atoms in total. The molecule has 0 radical (unpaired) electrons. The van der Waals surface area contributed by atoms with Gasteiger partial charge in [-0.15, -0.1) is 0 Å². The monoisotopic (exact) mass is 414 g/mol. The second-order valence-corrected chi connectivity index (χ2v) is 7.92. The summed E-state index contributed by atoms with van der Waals surface area (Å²) in [5.74, 6) is 0.984. The number of para-hydroxylation sites is 1. The lowest BCUT2D eigenvalue weighted by atomic mass is 10.0. The van der Waals surface area contributed by atoms with Crippen LogP contribution >= 0.6 is 0 Å². The molecule has 0 atom stereocenters. The highest BCUT2D eigenvalue weighted by atomic mass is 16.3. The Morgan fingerprint density at radius 1 is 0.656 bits per heavy atom. The van der Waals surface area contributed by atoms with E-state index in [0.29, 0.717) is 0 Å². The molecule has 1 aromatic heterocycles. The number of hydrogen-bond donors (Lipinski definition) is 1. The van der Waals surface area contributed by atoms with Gasteiger partial charge in [-0.05, 0) is 65.9 Å². The van der Waals surface area contributed by atoms with Crippen molar-refractivity contribution in [1.29, 1.82) is 0 Å². The standard InChI is InChI=1S/C29H22N2O/c1-3-7-21(8-4-1)22-11-13-24(14-12-22)31(23-9-5-2-6-10-23)25-15-16-28-27(19-25)26-17-18-30-20-29(26)32-28/h1-19,30H,20H2. The van der Waals surface area contributed by atoms with Gasteiger partial charge in [0.15, 0.2) is 0 Å². The molecule has 1 aliphatic rings. The number of benzene rings is 4. The molecule has 6 rings (SSSR count). The van der Waals surface area contributed by atoms with Crippen molar-refractivity contribution in [3.05, 3.63) is 121 Å². The van der Waals surface area contributed by atoms with Crippen LogP contribution in [0.5, 0.6) is 0 Å². The minimum atomic E-state index is 0.721. The number of nitrogens with one attached hydrogen (secondary N) is 1. The SMILES string of the molecule is C1=Cc2c(oc3ccc(N(c4ccccc4)c4ccc(-c5ccccc5)cc4)cc23)CN1. The van der Waals surface area contributed by atoms with Gasteiger partial charge in [0.1, 0.15) is 11.3 Å². The fourth-order valence-corrected chi connectivity index (χ4v) is 4.36. The summed E-state index contributed by atoms with van der Waals surface area (Å²) in [6, 6.07) is 36.2. The molecule has 32 heavy (non-hydrogen) atoms. The first-order valence-electron chi connectivity index (χ1n) is 10.8. The van der Waals surface area contributed by atoms with Crippen molar-refractivity contribution in [2.24, 2.45) is 0 Å². The van der Waals surface area contributed by atoms with E-state index in [9.17, 15) is 0 Å². The second kappa shape index (κ2) is 7.78. The van der Waals surface area contributed by atoms with Crippen molar-refractivity contribution in [3.8, 4) is 11.1 Å². The Hall–Kier alpha value is -4.24. The topological polar surface area (TPSA) is 28.4 Å². The molecule has 5 aromatic rings. The van der Waals surface area contributed by atoms with E-state index in [0.717, 1.165) is 45.9 Å². The average molecular weight is 415 g/mol. The van der Waals surface area contributed by atoms with Gasteiger partial charge in [0.2, 0.25) is 0 Å². The molecule has 154 valence electrons. The number of rotatable bonds is 4. The highest BCUT2D eigenvalue weighted by Gasteiger charge is 2.18. The van der Waals surface area contributed by atoms with Gasteiger partial charge in [-0.3, -0.25) is 0 Å². The van der Waals surface area contributed by atoms with Crippen LogP contribution in [0.1, 0.15) is 11.3 Å². The summed E-state index contributed by atoms with van der Waals surface area (Å²) in [6.45, 7) is 0.721. The lowest BCUT2D eigenvalue weighted by Gasteiger charge is -2.25. The Bertz CT molecular complexity index is 1400. The smallest absolute Gasteiger partial charge is 0.135 e. The minimum absolute atomic E-state index is 0.721. The van der Waals surface area contributed by atoms with Crippen molar-refractivity contribution in [2.75, 3.05) is 4.90 Å². The maximum absolute atomic E-state index is 6.07. The number of furan rings is 1. The first-order valence-corrected chi connectivity index (χ1v) is 10.8. The fourth-order valence-electron chi connectivity index (χ4n) is 4.36. The molecule has 4 aromatic carbocycles. The summed E-state index contributed by atoms with van der Waals surface area (Å²) in [7, 11) is 0. The molecule has 2 heterocycles. The van der Waals surface area contributed by atoms with Crippen molar-refractivity contribution in [1.82, 2.24) is 5.32 Å². The van der Waals surface area contributed by atoms with Gasteiger partial charge in [-0.1, -0.05) is 60.7 Å². The number of fused-ring (bicyclic) bond motifs is 3. The lowest BCUT2D eigenvalue weighted by Crippen LogP contribution is -2.10. The zero-order chi connectivity index (χ0) is 21.3. The van der Waals surface area contributed by atoms with Crippen LogP contribution in [0, 0.1) is 0 Å². The van der Waals surface area contributed by atoms with Gasteiger partial charge in [-0.25, -0.2) is 0 Å². The molecule has 0 unspecified atom stereocenters. The molecule has 0 bridgehead atoms. The average Bonchev–Trinajstić information content (AvgIpc) is 3.24. The highest BCUT2D eigenvalue weighted by Crippen LogP contribution is 2.39. The summed E-state index contributed by atoms with van der Waals surface area (Å²) in [5, 5.41) is 4.36. The molecular weight excluding hydrogens is 392 g/mol. The summed E-state index contributed by atoms with van der Waals surface area (Å²) in [6.07, 6.45) is 4.08. The van der Waals surface area contributed by atoms with E-state index in [2.05, 4.69) is 107 Å². The van der Waals surface area contributed by atoms with E-state index in [-0.39, 0.29) is 0 Å². The largest absolute Gasteiger partial charge is 0.459 e. The van der Waals surface area contributed by atoms with Gasteiger partial charge >= 0.3 is 0 Å². The highest BCUT2D eigenvalue weighted by molar-refractivity contribution is 5.93. The van der Waals surface area contributed by atoms with Crippen LogP contribution < -0.4 is 10.2 Å². The van der Waals surface area contributed by atoms with Crippen LogP contribution in [0.25, 0.3) is 28.2 Å².